The maximum absolute atomic E-state index is 11.5. The average molecular weight is 262 g/mol. The Morgan fingerprint density at radius 2 is 2.00 bits per heavy atom. The van der Waals surface area contributed by atoms with Gasteiger partial charge in [0.1, 0.15) is 0 Å². The first kappa shape index (κ1) is 8.92. The van der Waals surface area contributed by atoms with Gasteiger partial charge >= 0.3 is 0 Å². The van der Waals surface area contributed by atoms with Gasteiger partial charge in [-0.1, -0.05) is 28.1 Å². The molecule has 2 nitrogen and oxygen atoms in total. The van der Waals surface area contributed by atoms with Crippen LogP contribution in [0.5, 0.6) is 0 Å². The molecule has 1 aliphatic rings. The van der Waals surface area contributed by atoms with Gasteiger partial charge in [-0.3, -0.25) is 4.79 Å². The smallest absolute Gasteiger partial charge is 0.251 e. The van der Waals surface area contributed by atoms with Crippen LogP contribution in [0.4, 0.5) is 0 Å². The molecule has 1 amide bonds. The van der Waals surface area contributed by atoms with Crippen molar-refractivity contribution in [3.05, 3.63) is 45.9 Å². The first-order chi connectivity index (χ1) is 7.25. The predicted molar refractivity (Wildman–Crippen MR) is 62.8 cm³/mol. The molecule has 0 spiro atoms. The molecule has 1 N–H and O–H groups in total. The normalized spacial score (nSPS) is 14.1. The van der Waals surface area contributed by atoms with Crippen molar-refractivity contribution in [2.45, 2.75) is 6.54 Å². The zero-order valence-corrected chi connectivity index (χ0v) is 9.47. The molecule has 2 aromatic rings. The number of amides is 1. The Hall–Kier alpha value is -1.35. The lowest BCUT2D eigenvalue weighted by molar-refractivity contribution is 0.0966. The number of nitrogens with one attached hydrogen (secondary N) is 1. The van der Waals surface area contributed by atoms with Gasteiger partial charge < -0.3 is 5.32 Å². The third-order valence-corrected chi connectivity index (χ3v) is 3.26. The number of carbonyl (C=O) groups excluding carboxylic acids is 1. The van der Waals surface area contributed by atoms with Crippen molar-refractivity contribution in [3.8, 4) is 0 Å². The molecule has 0 saturated carbocycles. The van der Waals surface area contributed by atoms with Crippen LogP contribution in [0.1, 0.15) is 15.9 Å². The van der Waals surface area contributed by atoms with E-state index in [0.29, 0.717) is 6.54 Å². The van der Waals surface area contributed by atoms with Crippen LogP contribution in [0.2, 0.25) is 0 Å². The van der Waals surface area contributed by atoms with E-state index in [1.807, 2.05) is 18.2 Å². The van der Waals surface area contributed by atoms with E-state index in [-0.39, 0.29) is 5.91 Å². The monoisotopic (exact) mass is 261 g/mol. The zero-order chi connectivity index (χ0) is 10.4. The molecule has 0 aromatic heterocycles. The van der Waals surface area contributed by atoms with Crippen molar-refractivity contribution < 1.29 is 4.79 Å². The van der Waals surface area contributed by atoms with Crippen molar-refractivity contribution in [1.82, 2.24) is 5.32 Å². The summed E-state index contributed by atoms with van der Waals surface area (Å²) < 4.78 is 1.04. The van der Waals surface area contributed by atoms with Gasteiger partial charge in [-0.25, -0.2) is 0 Å². The van der Waals surface area contributed by atoms with Crippen molar-refractivity contribution in [2.24, 2.45) is 0 Å². The fourth-order valence-electron chi connectivity index (χ4n) is 2.02. The minimum Gasteiger partial charge on any atom is -0.348 e. The molecule has 0 aliphatic carbocycles. The van der Waals surface area contributed by atoms with Gasteiger partial charge in [0.05, 0.1) is 0 Å². The molecule has 15 heavy (non-hydrogen) atoms. The van der Waals surface area contributed by atoms with Crippen LogP contribution in [-0.4, -0.2) is 5.91 Å². The summed E-state index contributed by atoms with van der Waals surface area (Å²) in [4.78, 5) is 11.5. The maximum atomic E-state index is 11.5. The van der Waals surface area contributed by atoms with Crippen LogP contribution in [-0.2, 0) is 6.54 Å². The summed E-state index contributed by atoms with van der Waals surface area (Å²) in [7, 11) is 0. The van der Waals surface area contributed by atoms with Gasteiger partial charge in [0.2, 0.25) is 0 Å². The van der Waals surface area contributed by atoms with Crippen LogP contribution >= 0.6 is 15.9 Å². The van der Waals surface area contributed by atoms with Crippen molar-refractivity contribution >= 4 is 32.6 Å². The number of halogens is 1. The third kappa shape index (κ3) is 1.27. The first-order valence-electron chi connectivity index (χ1n) is 4.75. The Balaban J connectivity index is 2.42. The second kappa shape index (κ2) is 3.07. The number of benzene rings is 2. The Kier molecular flexibility index (Phi) is 1.83. The molecule has 1 heterocycles. The Morgan fingerprint density at radius 3 is 2.87 bits per heavy atom. The third-order valence-electron chi connectivity index (χ3n) is 2.77. The van der Waals surface area contributed by atoms with Crippen molar-refractivity contribution in [3.63, 3.8) is 0 Å². The van der Waals surface area contributed by atoms with Crippen molar-refractivity contribution in [1.29, 1.82) is 0 Å². The molecule has 0 saturated heterocycles. The second-order valence-electron chi connectivity index (χ2n) is 3.64. The summed E-state index contributed by atoms with van der Waals surface area (Å²) in [5.74, 6) is 0.0341. The van der Waals surface area contributed by atoms with Crippen LogP contribution in [0, 0.1) is 0 Å². The highest BCUT2D eigenvalue weighted by atomic mass is 79.9. The fraction of sp³-hybridized carbons (Fsp3) is 0.0833. The predicted octanol–water partition coefficient (Wildman–Crippen LogP) is 2.85. The first-order valence-corrected chi connectivity index (χ1v) is 5.54. The number of fused-ring (bicyclic) bond motifs is 3. The number of hydrogen-bond acceptors (Lipinski definition) is 1. The summed E-state index contributed by atoms with van der Waals surface area (Å²) in [5, 5.41) is 5.17. The minimum atomic E-state index is 0.0341. The number of carbonyl (C=O) groups is 1. The Bertz CT molecular complexity index is 577. The van der Waals surface area contributed by atoms with E-state index in [1.165, 1.54) is 5.39 Å². The van der Waals surface area contributed by atoms with E-state index >= 15 is 0 Å². The minimum absolute atomic E-state index is 0.0341. The van der Waals surface area contributed by atoms with Gasteiger partial charge in [0, 0.05) is 16.6 Å². The van der Waals surface area contributed by atoms with Gasteiger partial charge in [-0.2, -0.15) is 0 Å². The lowest BCUT2D eigenvalue weighted by Crippen LogP contribution is -2.12. The van der Waals surface area contributed by atoms with E-state index in [2.05, 4.69) is 33.4 Å². The molecule has 0 fully saturated rings. The molecule has 1 aliphatic heterocycles. The lowest BCUT2D eigenvalue weighted by atomic mass is 10.0. The standard InChI is InChI=1S/C12H8BrNO/c13-8-3-1-7-2-4-9-11(10(7)5-8)6-14-12(9)15/h1-5H,6H2,(H,14,15). The Labute approximate surface area is 95.4 Å². The van der Waals surface area contributed by atoms with E-state index < -0.39 is 0 Å². The molecule has 74 valence electrons. The molecule has 3 rings (SSSR count). The summed E-state index contributed by atoms with van der Waals surface area (Å²) in [6, 6.07) is 10.0. The molecular formula is C12H8BrNO. The quantitative estimate of drug-likeness (QED) is 0.777. The molecular weight excluding hydrogens is 254 g/mol. The van der Waals surface area contributed by atoms with Gasteiger partial charge in [-0.05, 0) is 34.5 Å². The molecule has 0 unspecified atom stereocenters. The second-order valence-corrected chi connectivity index (χ2v) is 4.56. The van der Waals surface area contributed by atoms with Crippen molar-refractivity contribution in [2.75, 3.05) is 0 Å². The van der Waals surface area contributed by atoms with E-state index in [0.717, 1.165) is 21.0 Å². The summed E-state index contributed by atoms with van der Waals surface area (Å²) in [6.07, 6.45) is 0. The highest BCUT2D eigenvalue weighted by Gasteiger charge is 2.20. The highest BCUT2D eigenvalue weighted by Crippen LogP contribution is 2.28. The average Bonchev–Trinajstić information content (AvgIpc) is 2.61. The van der Waals surface area contributed by atoms with Gasteiger partial charge in [-0.15, -0.1) is 0 Å². The summed E-state index contributed by atoms with van der Waals surface area (Å²) >= 11 is 3.45. The fourth-order valence-corrected chi connectivity index (χ4v) is 2.38. The molecule has 3 heteroatoms. The van der Waals surface area contributed by atoms with Gasteiger partial charge in [0.15, 0.2) is 0 Å². The molecule has 2 aromatic carbocycles. The largest absolute Gasteiger partial charge is 0.348 e. The molecule has 0 bridgehead atoms. The summed E-state index contributed by atoms with van der Waals surface area (Å²) in [6.45, 7) is 0.641. The SMILES string of the molecule is O=C1NCc2c1ccc1ccc(Br)cc21. The van der Waals surface area contributed by atoms with Crippen LogP contribution in [0.3, 0.4) is 0 Å². The molecule has 0 radical (unpaired) electrons. The van der Waals surface area contributed by atoms with Crippen LogP contribution in [0.15, 0.2) is 34.8 Å². The summed E-state index contributed by atoms with van der Waals surface area (Å²) in [5.41, 5.74) is 1.92. The van der Waals surface area contributed by atoms with Crippen LogP contribution in [0.25, 0.3) is 10.8 Å². The van der Waals surface area contributed by atoms with E-state index in [4.69, 9.17) is 0 Å². The lowest BCUT2D eigenvalue weighted by Gasteiger charge is -2.03. The molecule has 0 atom stereocenters. The van der Waals surface area contributed by atoms with Gasteiger partial charge in [0.25, 0.3) is 5.91 Å². The zero-order valence-electron chi connectivity index (χ0n) is 7.88. The van der Waals surface area contributed by atoms with Crippen LogP contribution < -0.4 is 5.32 Å². The highest BCUT2D eigenvalue weighted by molar-refractivity contribution is 9.10. The van der Waals surface area contributed by atoms with E-state index in [1.54, 1.807) is 0 Å². The number of hydrogen-bond donors (Lipinski definition) is 1. The van der Waals surface area contributed by atoms with E-state index in [9.17, 15) is 4.79 Å². The number of rotatable bonds is 0. The topological polar surface area (TPSA) is 29.1 Å². The Morgan fingerprint density at radius 1 is 1.20 bits per heavy atom. The maximum Gasteiger partial charge on any atom is 0.251 e.